The number of quaternary nitrogens is 1. The van der Waals surface area contributed by atoms with Crippen LogP contribution in [-0.2, 0) is 16.1 Å². The van der Waals surface area contributed by atoms with Gasteiger partial charge in [0.2, 0.25) is 0 Å². The van der Waals surface area contributed by atoms with Crippen molar-refractivity contribution in [3.8, 4) is 0 Å². The van der Waals surface area contributed by atoms with Crippen molar-refractivity contribution in [1.29, 1.82) is 0 Å². The molecular weight excluding hydrogens is 238 g/mol. The summed E-state index contributed by atoms with van der Waals surface area (Å²) < 4.78 is 12.2. The molecule has 0 unspecified atom stereocenters. The lowest BCUT2D eigenvalue weighted by atomic mass is 10.2. The van der Waals surface area contributed by atoms with Crippen molar-refractivity contribution in [3.05, 3.63) is 35.9 Å². The van der Waals surface area contributed by atoms with E-state index in [0.29, 0.717) is 6.61 Å². The zero-order valence-electron chi connectivity index (χ0n) is 12.9. The lowest BCUT2D eigenvalue weighted by Crippen LogP contribution is -2.27. The molecule has 1 aromatic rings. The monoisotopic (exact) mass is 266 g/mol. The first-order chi connectivity index (χ1) is 8.86. The fourth-order valence-electron chi connectivity index (χ4n) is 1.71. The Labute approximate surface area is 117 Å². The van der Waals surface area contributed by atoms with Crippen LogP contribution in [0.25, 0.3) is 0 Å². The molecule has 0 saturated carbocycles. The highest BCUT2D eigenvalue weighted by Crippen LogP contribution is 2.17. The van der Waals surface area contributed by atoms with Crippen LogP contribution in [-0.4, -0.2) is 51.5 Å². The third-order valence-corrected chi connectivity index (χ3v) is 2.61. The molecule has 1 heterocycles. The predicted octanol–water partition coefficient (Wildman–Crippen LogP) is 2.70. The first kappa shape index (κ1) is 16.2. The Morgan fingerprint density at radius 3 is 2.21 bits per heavy atom. The van der Waals surface area contributed by atoms with E-state index >= 15 is 0 Å². The maximum absolute atomic E-state index is 5.78. The minimum atomic E-state index is 0.249. The van der Waals surface area contributed by atoms with Gasteiger partial charge in [-0.3, -0.25) is 0 Å². The average molecular weight is 266 g/mol. The molecule has 0 N–H and O–H groups in total. The summed E-state index contributed by atoms with van der Waals surface area (Å²) in [6, 6.07) is 10.3. The molecule has 1 aliphatic heterocycles. The highest BCUT2D eigenvalue weighted by Gasteiger charge is 2.24. The van der Waals surface area contributed by atoms with E-state index in [2.05, 4.69) is 47.2 Å². The lowest BCUT2D eigenvalue weighted by Gasteiger charge is -2.14. The van der Waals surface area contributed by atoms with Gasteiger partial charge in [-0.15, -0.1) is 0 Å². The third kappa shape index (κ3) is 7.98. The van der Waals surface area contributed by atoms with Gasteiger partial charge in [0.15, 0.2) is 0 Å². The maximum atomic E-state index is 5.78. The highest BCUT2D eigenvalue weighted by molar-refractivity contribution is 5.13. The number of ether oxygens (including phenoxy) is 2. The zero-order valence-corrected chi connectivity index (χ0v) is 12.9. The molecule has 3 nitrogen and oxygen atoms in total. The van der Waals surface area contributed by atoms with Crippen LogP contribution in [0.2, 0.25) is 0 Å². The van der Waals surface area contributed by atoms with Crippen LogP contribution in [0, 0.1) is 0 Å². The van der Waals surface area contributed by atoms with Gasteiger partial charge in [-0.1, -0.05) is 30.3 Å². The molecule has 0 aromatic heterocycles. The van der Waals surface area contributed by atoms with Crippen molar-refractivity contribution in [2.45, 2.75) is 32.2 Å². The van der Waals surface area contributed by atoms with Crippen LogP contribution in [0.15, 0.2) is 30.3 Å². The van der Waals surface area contributed by atoms with Crippen molar-refractivity contribution in [2.75, 3.05) is 34.8 Å². The molecule has 3 heteroatoms. The summed E-state index contributed by atoms with van der Waals surface area (Å²) in [6.07, 6.45) is 1.54. The molecule has 2 atom stereocenters. The van der Waals surface area contributed by atoms with Crippen LogP contribution in [0.1, 0.15) is 18.9 Å². The molecule has 1 fully saturated rings. The number of hydrogen-bond donors (Lipinski definition) is 0. The van der Waals surface area contributed by atoms with Crippen molar-refractivity contribution in [1.82, 2.24) is 0 Å². The Morgan fingerprint density at radius 1 is 1.16 bits per heavy atom. The van der Waals surface area contributed by atoms with Gasteiger partial charge in [0, 0.05) is 6.61 Å². The number of rotatable bonds is 3. The number of hydrogen-bond acceptors (Lipinski definition) is 2. The fraction of sp³-hybridized carbons (Fsp3) is 0.625. The molecule has 1 saturated heterocycles. The Balaban J connectivity index is 0.000000312. The van der Waals surface area contributed by atoms with Gasteiger partial charge in [-0.2, -0.15) is 0 Å². The minimum absolute atomic E-state index is 0.249. The average Bonchev–Trinajstić information content (AvgIpc) is 2.71. The van der Waals surface area contributed by atoms with Crippen LogP contribution >= 0.6 is 0 Å². The van der Waals surface area contributed by atoms with Gasteiger partial charge in [0.1, 0.15) is 0 Å². The first-order valence-corrected chi connectivity index (χ1v) is 6.92. The second-order valence-corrected chi connectivity index (χ2v) is 6.38. The third-order valence-electron chi connectivity index (χ3n) is 2.61. The SMILES string of the molecule is C[C@@H]1OCC[C@H]1OCc1ccccc1.C[N+](C)(C)C. The summed E-state index contributed by atoms with van der Waals surface area (Å²) in [5.41, 5.74) is 1.23. The van der Waals surface area contributed by atoms with Gasteiger partial charge >= 0.3 is 0 Å². The van der Waals surface area contributed by atoms with Gasteiger partial charge < -0.3 is 14.0 Å². The van der Waals surface area contributed by atoms with Gasteiger partial charge in [-0.25, -0.2) is 0 Å². The zero-order chi connectivity index (χ0) is 14.3. The quantitative estimate of drug-likeness (QED) is 0.783. The molecule has 1 aliphatic rings. The summed E-state index contributed by atoms with van der Waals surface area (Å²) in [4.78, 5) is 0. The van der Waals surface area contributed by atoms with E-state index in [1.807, 2.05) is 18.2 Å². The van der Waals surface area contributed by atoms with Crippen LogP contribution in [0.3, 0.4) is 0 Å². The molecule has 108 valence electrons. The normalized spacial score (nSPS) is 22.8. The number of benzene rings is 1. The Bertz CT molecular complexity index is 340. The molecule has 0 amide bonds. The van der Waals surface area contributed by atoms with Gasteiger partial charge in [0.25, 0.3) is 0 Å². The lowest BCUT2D eigenvalue weighted by molar-refractivity contribution is -0.849. The van der Waals surface area contributed by atoms with E-state index in [1.165, 1.54) is 5.56 Å². The smallest absolute Gasteiger partial charge is 0.0860 e. The van der Waals surface area contributed by atoms with Crippen LogP contribution in [0.4, 0.5) is 0 Å². The summed E-state index contributed by atoms with van der Waals surface area (Å²) in [5.74, 6) is 0. The predicted molar refractivity (Wildman–Crippen MR) is 79.0 cm³/mol. The molecule has 1 aromatic carbocycles. The summed E-state index contributed by atoms with van der Waals surface area (Å²) >= 11 is 0. The molecule has 0 aliphatic carbocycles. The van der Waals surface area contributed by atoms with Crippen molar-refractivity contribution in [3.63, 3.8) is 0 Å². The van der Waals surface area contributed by atoms with E-state index < -0.39 is 0 Å². The summed E-state index contributed by atoms with van der Waals surface area (Å²) in [5, 5.41) is 0. The standard InChI is InChI=1S/C12H16O2.C4H12N/c1-10-12(7-8-13-10)14-9-11-5-3-2-4-6-11;1-5(2,3)4/h2-6,10,12H,7-9H2,1H3;1-4H3/q;+1/t10-,12+;/m0./s1. The number of nitrogens with zero attached hydrogens (tertiary/aromatic N) is 1. The summed E-state index contributed by atoms with van der Waals surface area (Å²) in [7, 11) is 8.50. The molecule has 0 radical (unpaired) electrons. The topological polar surface area (TPSA) is 18.5 Å². The van der Waals surface area contributed by atoms with E-state index in [1.54, 1.807) is 0 Å². The Morgan fingerprint density at radius 2 is 1.74 bits per heavy atom. The summed E-state index contributed by atoms with van der Waals surface area (Å²) in [6.45, 7) is 3.60. The molecular formula is C16H28NO2+. The van der Waals surface area contributed by atoms with Crippen molar-refractivity contribution >= 4 is 0 Å². The highest BCUT2D eigenvalue weighted by atomic mass is 16.6. The van der Waals surface area contributed by atoms with Gasteiger partial charge in [-0.05, 0) is 18.9 Å². The van der Waals surface area contributed by atoms with Crippen LogP contribution in [0.5, 0.6) is 0 Å². The largest absolute Gasteiger partial charge is 0.376 e. The maximum Gasteiger partial charge on any atom is 0.0860 e. The molecule has 2 rings (SSSR count). The van der Waals surface area contributed by atoms with Crippen molar-refractivity contribution in [2.24, 2.45) is 0 Å². The van der Waals surface area contributed by atoms with Crippen LogP contribution < -0.4 is 0 Å². The second kappa shape index (κ2) is 7.63. The molecule has 0 spiro atoms. The van der Waals surface area contributed by atoms with E-state index in [9.17, 15) is 0 Å². The van der Waals surface area contributed by atoms with E-state index in [4.69, 9.17) is 9.47 Å². The minimum Gasteiger partial charge on any atom is -0.376 e. The Hall–Kier alpha value is -0.900. The van der Waals surface area contributed by atoms with Crippen molar-refractivity contribution < 1.29 is 14.0 Å². The first-order valence-electron chi connectivity index (χ1n) is 6.92. The van der Waals surface area contributed by atoms with Gasteiger partial charge in [0.05, 0.1) is 47.0 Å². The van der Waals surface area contributed by atoms with E-state index in [0.717, 1.165) is 17.5 Å². The Kier molecular flexibility index (Phi) is 6.49. The fourth-order valence-corrected chi connectivity index (χ4v) is 1.71. The molecule has 19 heavy (non-hydrogen) atoms. The molecule has 0 bridgehead atoms. The second-order valence-electron chi connectivity index (χ2n) is 6.38. The van der Waals surface area contributed by atoms with E-state index in [-0.39, 0.29) is 12.2 Å².